The molecule has 0 saturated carbocycles. The van der Waals surface area contributed by atoms with Crippen molar-refractivity contribution in [3.05, 3.63) is 84.8 Å². The number of amides is 1. The fraction of sp³-hybridized carbons (Fsp3) is 0.231. The van der Waals surface area contributed by atoms with E-state index in [0.29, 0.717) is 5.75 Å². The third kappa shape index (κ3) is 6.04. The van der Waals surface area contributed by atoms with Gasteiger partial charge in [-0.05, 0) is 42.5 Å². The van der Waals surface area contributed by atoms with Gasteiger partial charge in [0.25, 0.3) is 0 Å². The van der Waals surface area contributed by atoms with E-state index < -0.39 is 6.09 Å². The quantitative estimate of drug-likeness (QED) is 0.338. The number of para-hydroxylation sites is 1. The van der Waals surface area contributed by atoms with Gasteiger partial charge in [-0.15, -0.1) is 5.10 Å². The predicted octanol–water partition coefficient (Wildman–Crippen LogP) is 5.27. The van der Waals surface area contributed by atoms with Gasteiger partial charge in [0.05, 0.1) is 6.20 Å². The number of primary amides is 1. The van der Waals surface area contributed by atoms with Crippen LogP contribution in [0.4, 0.5) is 4.79 Å². The number of rotatable bonds is 10. The number of carbonyl (C=O) groups excluding carboxylic acids is 1. The molecule has 0 bridgehead atoms. The highest BCUT2D eigenvalue weighted by atomic mass is 16.5. The molecule has 4 rings (SSSR count). The second-order valence-corrected chi connectivity index (χ2v) is 7.85. The Morgan fingerprint density at radius 3 is 2.52 bits per heavy atom. The molecule has 0 aliphatic rings. The number of carbonyl (C=O) groups is 1. The summed E-state index contributed by atoms with van der Waals surface area (Å²) in [7, 11) is 0. The molecule has 0 aliphatic carbocycles. The van der Waals surface area contributed by atoms with Crippen LogP contribution in [0.2, 0.25) is 0 Å². The van der Waals surface area contributed by atoms with Crippen LogP contribution in [0.3, 0.4) is 0 Å². The standard InChI is InChI=1S/C26H27N5O2/c27-26(32)33-25-21(13-8-15-23(25)20-10-5-3-6-11-20)12-4-1-2-7-17-31-19-24(29-30-31)22-14-9-16-28-18-22/h3,5-6,8-11,13-16,18-19H,1-2,4,7,12,17H2,(H2,27,32). The number of benzene rings is 2. The first-order chi connectivity index (χ1) is 16.2. The van der Waals surface area contributed by atoms with E-state index in [2.05, 4.69) is 15.3 Å². The topological polar surface area (TPSA) is 95.9 Å². The molecule has 7 nitrogen and oxygen atoms in total. The van der Waals surface area contributed by atoms with Crippen LogP contribution in [0.5, 0.6) is 5.75 Å². The van der Waals surface area contributed by atoms with Gasteiger partial charge in [0.15, 0.2) is 0 Å². The fourth-order valence-corrected chi connectivity index (χ4v) is 3.84. The number of hydrogen-bond acceptors (Lipinski definition) is 5. The first kappa shape index (κ1) is 22.2. The number of hydrogen-bond donors (Lipinski definition) is 1. The average Bonchev–Trinajstić information content (AvgIpc) is 3.32. The van der Waals surface area contributed by atoms with E-state index >= 15 is 0 Å². The number of nitrogens with two attached hydrogens (primary N) is 1. The zero-order valence-electron chi connectivity index (χ0n) is 18.4. The number of aryl methyl sites for hydroxylation is 2. The van der Waals surface area contributed by atoms with Crippen molar-refractivity contribution in [2.45, 2.75) is 38.6 Å². The van der Waals surface area contributed by atoms with Crippen molar-refractivity contribution in [1.29, 1.82) is 0 Å². The molecule has 1 amide bonds. The smallest absolute Gasteiger partial charge is 0.409 e. The van der Waals surface area contributed by atoms with Crippen molar-refractivity contribution < 1.29 is 9.53 Å². The maximum atomic E-state index is 11.5. The van der Waals surface area contributed by atoms with Crippen molar-refractivity contribution >= 4 is 6.09 Å². The molecule has 0 unspecified atom stereocenters. The summed E-state index contributed by atoms with van der Waals surface area (Å²) in [5.74, 6) is 0.557. The lowest BCUT2D eigenvalue weighted by Gasteiger charge is -2.14. The highest BCUT2D eigenvalue weighted by Crippen LogP contribution is 2.34. The molecule has 33 heavy (non-hydrogen) atoms. The Labute approximate surface area is 193 Å². The zero-order valence-corrected chi connectivity index (χ0v) is 18.4. The molecular formula is C26H27N5O2. The lowest BCUT2D eigenvalue weighted by atomic mass is 9.98. The van der Waals surface area contributed by atoms with Crippen LogP contribution < -0.4 is 10.5 Å². The summed E-state index contributed by atoms with van der Waals surface area (Å²) in [5.41, 5.74) is 10.0. The number of aromatic nitrogens is 4. The second-order valence-electron chi connectivity index (χ2n) is 7.85. The molecule has 168 valence electrons. The fourth-order valence-electron chi connectivity index (χ4n) is 3.84. The Balaban J connectivity index is 1.29. The molecule has 7 heteroatoms. The molecule has 0 fully saturated rings. The van der Waals surface area contributed by atoms with Crippen LogP contribution in [-0.2, 0) is 13.0 Å². The molecule has 0 spiro atoms. The molecule has 2 aromatic carbocycles. The Morgan fingerprint density at radius 1 is 0.909 bits per heavy atom. The van der Waals surface area contributed by atoms with Crippen LogP contribution in [0.15, 0.2) is 79.3 Å². The van der Waals surface area contributed by atoms with Crippen molar-refractivity contribution in [1.82, 2.24) is 20.0 Å². The normalized spacial score (nSPS) is 10.8. The number of pyridine rings is 1. The van der Waals surface area contributed by atoms with Crippen LogP contribution in [0, 0.1) is 0 Å². The number of ether oxygens (including phenoxy) is 1. The van der Waals surface area contributed by atoms with E-state index in [0.717, 1.165) is 66.6 Å². The molecule has 0 aliphatic heterocycles. The highest BCUT2D eigenvalue weighted by Gasteiger charge is 2.14. The summed E-state index contributed by atoms with van der Waals surface area (Å²) >= 11 is 0. The molecule has 0 radical (unpaired) electrons. The van der Waals surface area contributed by atoms with Gasteiger partial charge in [0, 0.05) is 30.1 Å². The summed E-state index contributed by atoms with van der Waals surface area (Å²) < 4.78 is 7.30. The summed E-state index contributed by atoms with van der Waals surface area (Å²) in [5, 5.41) is 8.44. The third-order valence-electron chi connectivity index (χ3n) is 5.46. The van der Waals surface area contributed by atoms with Gasteiger partial charge in [-0.3, -0.25) is 9.67 Å². The van der Waals surface area contributed by atoms with E-state index in [1.807, 2.05) is 71.5 Å². The van der Waals surface area contributed by atoms with Crippen LogP contribution in [0.1, 0.15) is 31.2 Å². The van der Waals surface area contributed by atoms with Crippen molar-refractivity contribution in [3.63, 3.8) is 0 Å². The maximum Gasteiger partial charge on any atom is 0.409 e. The first-order valence-electron chi connectivity index (χ1n) is 11.2. The van der Waals surface area contributed by atoms with Gasteiger partial charge in [-0.25, -0.2) is 4.79 Å². The molecule has 2 heterocycles. The van der Waals surface area contributed by atoms with Crippen LogP contribution >= 0.6 is 0 Å². The van der Waals surface area contributed by atoms with Crippen molar-refractivity contribution in [2.75, 3.05) is 0 Å². The molecule has 2 N–H and O–H groups in total. The monoisotopic (exact) mass is 441 g/mol. The Bertz CT molecular complexity index is 1180. The second kappa shape index (κ2) is 11.0. The number of unbranched alkanes of at least 4 members (excludes halogenated alkanes) is 3. The SMILES string of the molecule is NC(=O)Oc1c(CCCCCCn2cc(-c3cccnc3)nn2)cccc1-c1ccccc1. The minimum atomic E-state index is -0.793. The van der Waals surface area contributed by atoms with Crippen molar-refractivity contribution in [2.24, 2.45) is 5.73 Å². The first-order valence-corrected chi connectivity index (χ1v) is 11.2. The molecule has 0 saturated heterocycles. The summed E-state index contributed by atoms with van der Waals surface area (Å²) in [6.07, 6.45) is 9.67. The highest BCUT2D eigenvalue weighted by molar-refractivity contribution is 5.77. The lowest BCUT2D eigenvalue weighted by molar-refractivity contribution is 0.210. The Hall–Kier alpha value is -4.00. The zero-order chi connectivity index (χ0) is 22.9. The summed E-state index contributed by atoms with van der Waals surface area (Å²) in [6.45, 7) is 0.826. The molecule has 2 aromatic heterocycles. The van der Waals surface area contributed by atoms with E-state index in [4.69, 9.17) is 10.5 Å². The van der Waals surface area contributed by atoms with E-state index in [1.165, 1.54) is 0 Å². The molecule has 4 aromatic rings. The lowest BCUT2D eigenvalue weighted by Crippen LogP contribution is -2.17. The predicted molar refractivity (Wildman–Crippen MR) is 128 cm³/mol. The minimum absolute atomic E-state index is 0.557. The van der Waals surface area contributed by atoms with E-state index in [-0.39, 0.29) is 0 Å². The summed E-state index contributed by atoms with van der Waals surface area (Å²) in [6, 6.07) is 19.7. The largest absolute Gasteiger partial charge is 0.410 e. The summed E-state index contributed by atoms with van der Waals surface area (Å²) in [4.78, 5) is 15.7. The van der Waals surface area contributed by atoms with Crippen LogP contribution in [-0.4, -0.2) is 26.1 Å². The van der Waals surface area contributed by atoms with Crippen molar-refractivity contribution in [3.8, 4) is 28.1 Å². The van der Waals surface area contributed by atoms with Crippen LogP contribution in [0.25, 0.3) is 22.4 Å². The van der Waals surface area contributed by atoms with Gasteiger partial charge in [0.1, 0.15) is 11.4 Å². The van der Waals surface area contributed by atoms with Gasteiger partial charge in [-0.1, -0.05) is 66.6 Å². The van der Waals surface area contributed by atoms with Gasteiger partial charge < -0.3 is 10.5 Å². The molecule has 0 atom stereocenters. The Morgan fingerprint density at radius 2 is 1.73 bits per heavy atom. The van der Waals surface area contributed by atoms with Gasteiger partial charge in [0.2, 0.25) is 0 Å². The number of nitrogens with zero attached hydrogens (tertiary/aromatic N) is 4. The van der Waals surface area contributed by atoms with E-state index in [9.17, 15) is 4.79 Å². The Kier molecular flexibility index (Phi) is 7.43. The van der Waals surface area contributed by atoms with Gasteiger partial charge >= 0.3 is 6.09 Å². The minimum Gasteiger partial charge on any atom is -0.410 e. The molecular weight excluding hydrogens is 414 g/mol. The maximum absolute atomic E-state index is 11.5. The van der Waals surface area contributed by atoms with E-state index in [1.54, 1.807) is 12.4 Å². The third-order valence-corrected chi connectivity index (χ3v) is 5.46. The van der Waals surface area contributed by atoms with Gasteiger partial charge in [-0.2, -0.15) is 0 Å². The average molecular weight is 442 g/mol.